The van der Waals surface area contributed by atoms with Crippen molar-refractivity contribution < 1.29 is 19.5 Å². The first-order valence-corrected chi connectivity index (χ1v) is 8.56. The summed E-state index contributed by atoms with van der Waals surface area (Å²) in [6.45, 7) is 1.84. The van der Waals surface area contributed by atoms with E-state index in [2.05, 4.69) is 10.6 Å². The number of urea groups is 1. The number of amides is 3. The topological polar surface area (TPSA) is 98.7 Å². The number of benzene rings is 1. The second-order valence-corrected chi connectivity index (χ2v) is 6.95. The predicted molar refractivity (Wildman–Crippen MR) is 90.8 cm³/mol. The minimum absolute atomic E-state index is 0.0201. The number of hydrogen-bond donors (Lipinski definition) is 3. The molecule has 1 spiro atoms. The predicted octanol–water partition coefficient (Wildman–Crippen LogP) is 1.51. The zero-order chi connectivity index (χ0) is 17.9. The van der Waals surface area contributed by atoms with Crippen molar-refractivity contribution in [3.05, 3.63) is 35.9 Å². The monoisotopic (exact) mass is 345 g/mol. The van der Waals surface area contributed by atoms with E-state index >= 15 is 0 Å². The first-order valence-electron chi connectivity index (χ1n) is 8.56. The molecule has 7 heteroatoms. The Balaban J connectivity index is 1.60. The van der Waals surface area contributed by atoms with Crippen molar-refractivity contribution in [2.75, 3.05) is 19.6 Å². The van der Waals surface area contributed by atoms with Crippen LogP contribution in [-0.4, -0.2) is 47.5 Å². The molecule has 0 bridgehead atoms. The summed E-state index contributed by atoms with van der Waals surface area (Å²) >= 11 is 0. The summed E-state index contributed by atoms with van der Waals surface area (Å²) in [6, 6.07) is 8.32. The number of hydrogen-bond acceptors (Lipinski definition) is 3. The van der Waals surface area contributed by atoms with E-state index in [0.717, 1.165) is 18.4 Å². The zero-order valence-electron chi connectivity index (χ0n) is 14.0. The maximum absolute atomic E-state index is 12.6. The molecule has 134 valence electrons. The van der Waals surface area contributed by atoms with E-state index < -0.39 is 12.0 Å². The summed E-state index contributed by atoms with van der Waals surface area (Å²) in [5, 5.41) is 14.9. The number of carboxylic acid groups (broad SMARTS) is 1. The first kappa shape index (κ1) is 17.3. The van der Waals surface area contributed by atoms with Crippen LogP contribution in [0.25, 0.3) is 0 Å². The highest BCUT2D eigenvalue weighted by atomic mass is 16.4. The molecular weight excluding hydrogens is 322 g/mol. The van der Waals surface area contributed by atoms with Crippen LogP contribution >= 0.6 is 0 Å². The van der Waals surface area contributed by atoms with Gasteiger partial charge in [-0.25, -0.2) is 4.79 Å². The molecule has 3 N–H and O–H groups in total. The van der Waals surface area contributed by atoms with Crippen LogP contribution < -0.4 is 10.6 Å². The number of rotatable bonds is 4. The summed E-state index contributed by atoms with van der Waals surface area (Å²) < 4.78 is 0. The second-order valence-electron chi connectivity index (χ2n) is 6.95. The van der Waals surface area contributed by atoms with Crippen LogP contribution in [0.15, 0.2) is 30.3 Å². The number of likely N-dealkylation sites (tertiary alicyclic amines) is 1. The number of piperidine rings is 1. The highest BCUT2D eigenvalue weighted by Crippen LogP contribution is 2.37. The number of carbonyl (C=O) groups excluding carboxylic acids is 2. The van der Waals surface area contributed by atoms with Gasteiger partial charge < -0.3 is 20.6 Å². The van der Waals surface area contributed by atoms with Crippen molar-refractivity contribution in [1.29, 1.82) is 0 Å². The molecule has 0 aliphatic carbocycles. The van der Waals surface area contributed by atoms with Crippen LogP contribution in [0.2, 0.25) is 0 Å². The third kappa shape index (κ3) is 4.10. The minimum atomic E-state index is -0.956. The fourth-order valence-electron chi connectivity index (χ4n) is 3.64. The van der Waals surface area contributed by atoms with Gasteiger partial charge in [0.15, 0.2) is 0 Å². The van der Waals surface area contributed by atoms with E-state index in [0.29, 0.717) is 26.1 Å². The Morgan fingerprint density at radius 2 is 1.92 bits per heavy atom. The third-order valence-electron chi connectivity index (χ3n) is 5.19. The van der Waals surface area contributed by atoms with E-state index in [-0.39, 0.29) is 23.8 Å². The lowest BCUT2D eigenvalue weighted by atomic mass is 9.78. The Labute approximate surface area is 146 Å². The molecule has 0 aromatic heterocycles. The molecule has 0 saturated carbocycles. The molecule has 1 atom stereocenters. The third-order valence-corrected chi connectivity index (χ3v) is 5.19. The van der Waals surface area contributed by atoms with Crippen molar-refractivity contribution in [3.63, 3.8) is 0 Å². The van der Waals surface area contributed by atoms with Gasteiger partial charge in [0.25, 0.3) is 0 Å². The molecule has 2 fully saturated rings. The normalized spacial score (nSPS) is 20.2. The van der Waals surface area contributed by atoms with Gasteiger partial charge in [-0.1, -0.05) is 30.3 Å². The molecule has 1 aromatic carbocycles. The SMILES string of the molecule is O=C(O)C[C@@H](NC(=O)N1CCC2(CC1)CNC(=O)C2)c1ccccc1. The smallest absolute Gasteiger partial charge is 0.317 e. The maximum Gasteiger partial charge on any atom is 0.317 e. The van der Waals surface area contributed by atoms with E-state index in [1.807, 2.05) is 30.3 Å². The second kappa shape index (κ2) is 7.13. The fraction of sp³-hybridized carbons (Fsp3) is 0.500. The van der Waals surface area contributed by atoms with Crippen molar-refractivity contribution >= 4 is 17.9 Å². The lowest BCUT2D eigenvalue weighted by Crippen LogP contribution is -2.48. The average Bonchev–Trinajstić information content (AvgIpc) is 2.95. The molecule has 3 rings (SSSR count). The standard InChI is InChI=1S/C18H23N3O4/c22-15-11-18(12-19-15)6-8-21(9-7-18)17(25)20-14(10-16(23)24)13-4-2-1-3-5-13/h1-5,14H,6-12H2,(H,19,22)(H,20,25)(H,23,24)/t14-/m1/s1. The summed E-state index contributed by atoms with van der Waals surface area (Å²) in [5.74, 6) is -0.870. The van der Waals surface area contributed by atoms with Gasteiger partial charge in [-0.3, -0.25) is 9.59 Å². The molecule has 2 aliphatic rings. The molecule has 2 aliphatic heterocycles. The number of aliphatic carboxylic acids is 1. The van der Waals surface area contributed by atoms with Crippen LogP contribution in [0.5, 0.6) is 0 Å². The minimum Gasteiger partial charge on any atom is -0.481 e. The number of carboxylic acids is 1. The Bertz CT molecular complexity index is 654. The Kier molecular flexibility index (Phi) is 4.92. The van der Waals surface area contributed by atoms with Crippen molar-refractivity contribution in [2.45, 2.75) is 31.7 Å². The number of nitrogens with one attached hydrogen (secondary N) is 2. The van der Waals surface area contributed by atoms with E-state index in [4.69, 9.17) is 5.11 Å². The van der Waals surface area contributed by atoms with Gasteiger partial charge in [0.1, 0.15) is 0 Å². The quantitative estimate of drug-likeness (QED) is 0.770. The molecule has 0 radical (unpaired) electrons. The highest BCUT2D eigenvalue weighted by Gasteiger charge is 2.41. The van der Waals surface area contributed by atoms with E-state index in [1.54, 1.807) is 4.90 Å². The summed E-state index contributed by atoms with van der Waals surface area (Å²) in [5.41, 5.74) is 0.755. The Morgan fingerprint density at radius 3 is 2.48 bits per heavy atom. The molecule has 1 aromatic rings. The largest absolute Gasteiger partial charge is 0.481 e. The highest BCUT2D eigenvalue weighted by molar-refractivity contribution is 5.79. The van der Waals surface area contributed by atoms with Gasteiger partial charge >= 0.3 is 12.0 Å². The van der Waals surface area contributed by atoms with Gasteiger partial charge in [-0.15, -0.1) is 0 Å². The molecule has 3 amide bonds. The molecule has 25 heavy (non-hydrogen) atoms. The van der Waals surface area contributed by atoms with Gasteiger partial charge in [-0.2, -0.15) is 0 Å². The summed E-state index contributed by atoms with van der Waals surface area (Å²) in [7, 11) is 0. The summed E-state index contributed by atoms with van der Waals surface area (Å²) in [4.78, 5) is 36.9. The van der Waals surface area contributed by atoms with Crippen molar-refractivity contribution in [1.82, 2.24) is 15.5 Å². The van der Waals surface area contributed by atoms with Crippen LogP contribution in [0.1, 0.15) is 37.3 Å². The molecular formula is C18H23N3O4. The molecule has 0 unspecified atom stereocenters. The first-order chi connectivity index (χ1) is 12.0. The van der Waals surface area contributed by atoms with Crippen LogP contribution in [0, 0.1) is 5.41 Å². The van der Waals surface area contributed by atoms with E-state index in [9.17, 15) is 14.4 Å². The lowest BCUT2D eigenvalue weighted by molar-refractivity contribution is -0.137. The lowest BCUT2D eigenvalue weighted by Gasteiger charge is -2.38. The maximum atomic E-state index is 12.6. The van der Waals surface area contributed by atoms with E-state index in [1.165, 1.54) is 0 Å². The van der Waals surface area contributed by atoms with Crippen molar-refractivity contribution in [3.8, 4) is 0 Å². The van der Waals surface area contributed by atoms with Crippen LogP contribution in [0.3, 0.4) is 0 Å². The molecule has 7 nitrogen and oxygen atoms in total. The number of nitrogens with zero attached hydrogens (tertiary/aromatic N) is 1. The van der Waals surface area contributed by atoms with Crippen molar-refractivity contribution in [2.24, 2.45) is 5.41 Å². The fourth-order valence-corrected chi connectivity index (χ4v) is 3.64. The van der Waals surface area contributed by atoms with Gasteiger partial charge in [0, 0.05) is 26.1 Å². The Morgan fingerprint density at radius 1 is 1.24 bits per heavy atom. The van der Waals surface area contributed by atoms with Crippen LogP contribution in [-0.2, 0) is 9.59 Å². The Hall–Kier alpha value is -2.57. The van der Waals surface area contributed by atoms with Gasteiger partial charge in [0.2, 0.25) is 5.91 Å². The average molecular weight is 345 g/mol. The summed E-state index contributed by atoms with van der Waals surface area (Å²) in [6.07, 6.45) is 1.95. The number of carbonyl (C=O) groups is 3. The zero-order valence-corrected chi connectivity index (χ0v) is 14.0. The van der Waals surface area contributed by atoms with Gasteiger partial charge in [0.05, 0.1) is 12.5 Å². The van der Waals surface area contributed by atoms with Gasteiger partial charge in [-0.05, 0) is 23.8 Å². The molecule has 2 heterocycles. The van der Waals surface area contributed by atoms with Crippen LogP contribution in [0.4, 0.5) is 4.79 Å². The molecule has 2 saturated heterocycles.